The van der Waals surface area contributed by atoms with Gasteiger partial charge in [0, 0.05) is 5.56 Å². The molecule has 1 heterocycles. The molecule has 0 atom stereocenters. The zero-order valence-corrected chi connectivity index (χ0v) is 7.21. The second kappa shape index (κ2) is 3.01. The van der Waals surface area contributed by atoms with E-state index in [1.54, 1.807) is 31.6 Å². The van der Waals surface area contributed by atoms with Crippen LogP contribution < -0.4 is 0 Å². The molecule has 0 aliphatic heterocycles. The quantitative estimate of drug-likeness (QED) is 0.710. The third-order valence-corrected chi connectivity index (χ3v) is 1.97. The van der Waals surface area contributed by atoms with Gasteiger partial charge in [-0.1, -0.05) is 0 Å². The van der Waals surface area contributed by atoms with Gasteiger partial charge < -0.3 is 4.98 Å². The van der Waals surface area contributed by atoms with E-state index in [1.807, 2.05) is 0 Å². The van der Waals surface area contributed by atoms with Gasteiger partial charge in [0.25, 0.3) is 0 Å². The maximum atomic E-state index is 12.9. The summed E-state index contributed by atoms with van der Waals surface area (Å²) in [5.74, 6) is -0.178. The highest BCUT2D eigenvalue weighted by atomic mass is 19.1. The second-order valence-electron chi connectivity index (χ2n) is 2.93. The van der Waals surface area contributed by atoms with Crippen LogP contribution >= 0.6 is 0 Å². The first-order chi connectivity index (χ1) is 6.27. The Hall–Kier alpha value is -1.64. The molecule has 1 N–H and O–H groups in total. The fraction of sp³-hybridized carbons (Fsp3) is 0.100. The van der Waals surface area contributed by atoms with E-state index in [4.69, 9.17) is 0 Å². The van der Waals surface area contributed by atoms with Crippen LogP contribution in [0.15, 0.2) is 30.7 Å². The topological polar surface area (TPSA) is 28.7 Å². The number of aromatic nitrogens is 2. The molecule has 13 heavy (non-hydrogen) atoms. The lowest BCUT2D eigenvalue weighted by Crippen LogP contribution is -1.83. The standard InChI is InChI=1S/C10H9FN2/c1-7-4-8(2-3-9(7)11)10-5-12-6-13-10/h2-6H,1H3,(H,12,13). The van der Waals surface area contributed by atoms with Gasteiger partial charge in [-0.3, -0.25) is 0 Å². The molecule has 0 radical (unpaired) electrons. The number of aromatic amines is 1. The minimum atomic E-state index is -0.178. The van der Waals surface area contributed by atoms with Crippen LogP contribution in [0, 0.1) is 12.7 Å². The molecule has 0 amide bonds. The number of nitrogens with zero attached hydrogens (tertiary/aromatic N) is 1. The zero-order valence-electron chi connectivity index (χ0n) is 7.21. The molecule has 0 fully saturated rings. The monoisotopic (exact) mass is 176 g/mol. The average Bonchev–Trinajstić information content (AvgIpc) is 2.62. The Morgan fingerprint density at radius 2 is 2.23 bits per heavy atom. The van der Waals surface area contributed by atoms with Gasteiger partial charge in [-0.15, -0.1) is 0 Å². The van der Waals surface area contributed by atoms with Crippen molar-refractivity contribution < 1.29 is 4.39 Å². The number of benzene rings is 1. The SMILES string of the molecule is Cc1cc(-c2cnc[nH]2)ccc1F. The lowest BCUT2D eigenvalue weighted by molar-refractivity contribution is 0.619. The molecule has 2 aromatic rings. The third-order valence-electron chi connectivity index (χ3n) is 1.97. The molecule has 0 aliphatic rings. The normalized spacial score (nSPS) is 10.3. The van der Waals surface area contributed by atoms with E-state index in [-0.39, 0.29) is 5.82 Å². The lowest BCUT2D eigenvalue weighted by Gasteiger charge is -1.99. The highest BCUT2D eigenvalue weighted by Gasteiger charge is 2.01. The molecular weight excluding hydrogens is 167 g/mol. The van der Waals surface area contributed by atoms with E-state index in [0.29, 0.717) is 5.56 Å². The van der Waals surface area contributed by atoms with Gasteiger partial charge in [0.05, 0.1) is 18.2 Å². The number of hydrogen-bond acceptors (Lipinski definition) is 1. The molecule has 0 spiro atoms. The summed E-state index contributed by atoms with van der Waals surface area (Å²) in [4.78, 5) is 6.87. The maximum Gasteiger partial charge on any atom is 0.126 e. The average molecular weight is 176 g/mol. The predicted octanol–water partition coefficient (Wildman–Crippen LogP) is 2.52. The van der Waals surface area contributed by atoms with Crippen LogP contribution in [0.25, 0.3) is 11.3 Å². The van der Waals surface area contributed by atoms with Gasteiger partial charge in [0.2, 0.25) is 0 Å². The molecule has 66 valence electrons. The Morgan fingerprint density at radius 1 is 1.38 bits per heavy atom. The number of aryl methyl sites for hydroxylation is 1. The van der Waals surface area contributed by atoms with Crippen LogP contribution in [0.4, 0.5) is 4.39 Å². The van der Waals surface area contributed by atoms with E-state index >= 15 is 0 Å². The van der Waals surface area contributed by atoms with Crippen molar-refractivity contribution in [3.8, 4) is 11.3 Å². The van der Waals surface area contributed by atoms with Crippen LogP contribution in [0.3, 0.4) is 0 Å². The first kappa shape index (κ1) is 7.98. The summed E-state index contributed by atoms with van der Waals surface area (Å²) in [6.07, 6.45) is 3.32. The highest BCUT2D eigenvalue weighted by Crippen LogP contribution is 2.18. The summed E-state index contributed by atoms with van der Waals surface area (Å²) in [6, 6.07) is 4.99. The van der Waals surface area contributed by atoms with Crippen molar-refractivity contribution in [1.29, 1.82) is 0 Å². The van der Waals surface area contributed by atoms with Crippen LogP contribution in [-0.2, 0) is 0 Å². The Kier molecular flexibility index (Phi) is 1.85. The van der Waals surface area contributed by atoms with Gasteiger partial charge in [-0.25, -0.2) is 9.37 Å². The molecule has 2 nitrogen and oxygen atoms in total. The van der Waals surface area contributed by atoms with Crippen molar-refractivity contribution in [3.05, 3.63) is 42.1 Å². The molecule has 0 saturated heterocycles. The van der Waals surface area contributed by atoms with Crippen LogP contribution in [0.2, 0.25) is 0 Å². The summed E-state index contributed by atoms with van der Waals surface area (Å²) in [5, 5.41) is 0. The molecule has 1 aromatic heterocycles. The number of H-pyrrole nitrogens is 1. The Labute approximate surface area is 75.4 Å². The minimum absolute atomic E-state index is 0.178. The summed E-state index contributed by atoms with van der Waals surface area (Å²) in [7, 11) is 0. The van der Waals surface area contributed by atoms with Crippen LogP contribution in [0.5, 0.6) is 0 Å². The molecule has 0 bridgehead atoms. The second-order valence-corrected chi connectivity index (χ2v) is 2.93. The molecular formula is C10H9FN2. The Balaban J connectivity index is 2.49. The number of rotatable bonds is 1. The van der Waals surface area contributed by atoms with Gasteiger partial charge in [0.15, 0.2) is 0 Å². The fourth-order valence-corrected chi connectivity index (χ4v) is 1.23. The summed E-state index contributed by atoms with van der Waals surface area (Å²) >= 11 is 0. The first-order valence-electron chi connectivity index (χ1n) is 4.02. The minimum Gasteiger partial charge on any atom is -0.345 e. The summed E-state index contributed by atoms with van der Waals surface area (Å²) in [5.41, 5.74) is 2.51. The van der Waals surface area contributed by atoms with Crippen molar-refractivity contribution >= 4 is 0 Å². The van der Waals surface area contributed by atoms with Crippen molar-refractivity contribution in [1.82, 2.24) is 9.97 Å². The van der Waals surface area contributed by atoms with E-state index in [9.17, 15) is 4.39 Å². The molecule has 0 unspecified atom stereocenters. The van der Waals surface area contributed by atoms with Crippen molar-refractivity contribution in [3.63, 3.8) is 0 Å². The predicted molar refractivity (Wildman–Crippen MR) is 48.7 cm³/mol. The Bertz CT molecular complexity index is 407. The van der Waals surface area contributed by atoms with Gasteiger partial charge >= 0.3 is 0 Å². The highest BCUT2D eigenvalue weighted by molar-refractivity contribution is 5.58. The van der Waals surface area contributed by atoms with Crippen LogP contribution in [-0.4, -0.2) is 9.97 Å². The smallest absolute Gasteiger partial charge is 0.126 e. The van der Waals surface area contributed by atoms with E-state index in [0.717, 1.165) is 11.3 Å². The summed E-state index contributed by atoms with van der Waals surface area (Å²) < 4.78 is 12.9. The summed E-state index contributed by atoms with van der Waals surface area (Å²) in [6.45, 7) is 1.75. The fourth-order valence-electron chi connectivity index (χ4n) is 1.23. The van der Waals surface area contributed by atoms with Gasteiger partial charge in [-0.05, 0) is 30.7 Å². The van der Waals surface area contributed by atoms with E-state index in [1.165, 1.54) is 6.07 Å². The number of imidazole rings is 1. The van der Waals surface area contributed by atoms with Crippen LogP contribution in [0.1, 0.15) is 5.56 Å². The molecule has 1 aromatic carbocycles. The largest absolute Gasteiger partial charge is 0.345 e. The number of hydrogen-bond donors (Lipinski definition) is 1. The third kappa shape index (κ3) is 1.45. The van der Waals surface area contributed by atoms with Gasteiger partial charge in [-0.2, -0.15) is 0 Å². The van der Waals surface area contributed by atoms with Crippen molar-refractivity contribution in [2.75, 3.05) is 0 Å². The first-order valence-corrected chi connectivity index (χ1v) is 4.02. The van der Waals surface area contributed by atoms with Crippen molar-refractivity contribution in [2.45, 2.75) is 6.92 Å². The Morgan fingerprint density at radius 3 is 2.85 bits per heavy atom. The molecule has 3 heteroatoms. The number of nitrogens with one attached hydrogen (secondary N) is 1. The zero-order chi connectivity index (χ0) is 9.26. The maximum absolute atomic E-state index is 12.9. The van der Waals surface area contributed by atoms with E-state index in [2.05, 4.69) is 9.97 Å². The molecule has 0 saturated carbocycles. The molecule has 2 rings (SSSR count). The molecule has 0 aliphatic carbocycles. The van der Waals surface area contributed by atoms with E-state index < -0.39 is 0 Å². The lowest BCUT2D eigenvalue weighted by atomic mass is 10.1. The van der Waals surface area contributed by atoms with Crippen molar-refractivity contribution in [2.24, 2.45) is 0 Å². The number of halogens is 1. The van der Waals surface area contributed by atoms with Gasteiger partial charge in [0.1, 0.15) is 5.82 Å².